The minimum Gasteiger partial charge on any atom is -0.303 e. The van der Waals surface area contributed by atoms with E-state index in [0.29, 0.717) is 12.8 Å². The highest BCUT2D eigenvalue weighted by Crippen LogP contribution is 1.95. The molecule has 0 atom stereocenters. The predicted molar refractivity (Wildman–Crippen MR) is 43.3 cm³/mol. The molecule has 12 heavy (non-hydrogen) atoms. The maximum Gasteiger partial charge on any atom is 0.227 e. The Morgan fingerprint density at radius 1 is 0.917 bits per heavy atom. The Labute approximate surface area is 70.9 Å². The van der Waals surface area contributed by atoms with Crippen molar-refractivity contribution in [3.63, 3.8) is 0 Å². The summed E-state index contributed by atoms with van der Waals surface area (Å²) in [4.78, 5) is 20.2. The zero-order valence-electron chi connectivity index (χ0n) is 6.85. The first-order valence-electron chi connectivity index (χ1n) is 4.03. The van der Waals surface area contributed by atoms with Gasteiger partial charge in [-0.25, -0.2) is 0 Å². The van der Waals surface area contributed by atoms with E-state index in [2.05, 4.69) is 16.0 Å². The molecule has 2 heterocycles. The van der Waals surface area contributed by atoms with Gasteiger partial charge in [0.1, 0.15) is 0 Å². The minimum absolute atomic E-state index is 0.148. The fraction of sp³-hybridized carbons (Fsp3) is 0.714. The first kappa shape index (κ1) is 9.15. The van der Waals surface area contributed by atoms with Crippen LogP contribution < -0.4 is 16.0 Å². The maximum absolute atomic E-state index is 10.1. The van der Waals surface area contributed by atoms with Gasteiger partial charge in [0.2, 0.25) is 11.8 Å². The highest BCUT2D eigenvalue weighted by Gasteiger charge is 2.15. The molecule has 2 saturated heterocycles. The summed E-state index contributed by atoms with van der Waals surface area (Å²) in [5.74, 6) is -0.296. The van der Waals surface area contributed by atoms with E-state index in [9.17, 15) is 9.59 Å². The highest BCUT2D eigenvalue weighted by molar-refractivity contribution is 6.01. The molecule has 0 aromatic rings. The number of hydrogen-bond acceptors (Lipinski definition) is 4. The van der Waals surface area contributed by atoms with Crippen LogP contribution in [-0.2, 0) is 9.59 Å². The van der Waals surface area contributed by atoms with E-state index < -0.39 is 0 Å². The van der Waals surface area contributed by atoms with Crippen LogP contribution in [0.5, 0.6) is 0 Å². The van der Waals surface area contributed by atoms with Gasteiger partial charge in [-0.05, 0) is 0 Å². The Balaban J connectivity index is 0.000000127. The summed E-state index contributed by atoms with van der Waals surface area (Å²) in [6, 6.07) is 0. The second kappa shape index (κ2) is 4.84. The Morgan fingerprint density at radius 2 is 1.42 bits per heavy atom. The summed E-state index contributed by atoms with van der Waals surface area (Å²) in [6.45, 7) is 3.28. The average Bonchev–Trinajstić information content (AvgIpc) is 2.63. The third-order valence-electron chi connectivity index (χ3n) is 1.59. The fourth-order valence-electron chi connectivity index (χ4n) is 0.950. The van der Waals surface area contributed by atoms with Crippen LogP contribution in [0.25, 0.3) is 0 Å². The fourth-order valence-corrected chi connectivity index (χ4v) is 0.950. The summed E-state index contributed by atoms with van der Waals surface area (Å²) >= 11 is 0. The molecular weight excluding hydrogens is 158 g/mol. The summed E-state index contributed by atoms with van der Waals surface area (Å²) < 4.78 is 0. The number of rotatable bonds is 0. The molecule has 68 valence electrons. The van der Waals surface area contributed by atoms with Crippen molar-refractivity contribution < 1.29 is 9.59 Å². The number of nitrogens with one attached hydrogen (secondary N) is 3. The van der Waals surface area contributed by atoms with Crippen LogP contribution >= 0.6 is 0 Å². The highest BCUT2D eigenvalue weighted by atomic mass is 16.2. The molecule has 2 aliphatic heterocycles. The molecule has 0 aliphatic carbocycles. The van der Waals surface area contributed by atoms with Gasteiger partial charge in [-0.15, -0.1) is 0 Å². The molecule has 2 aliphatic rings. The summed E-state index contributed by atoms with van der Waals surface area (Å²) in [7, 11) is 0. The molecule has 0 unspecified atom stereocenters. The summed E-state index contributed by atoms with van der Waals surface area (Å²) in [6.07, 6.45) is 0.748. The molecule has 0 spiro atoms. The zero-order valence-corrected chi connectivity index (χ0v) is 6.85. The first-order chi connectivity index (χ1) is 5.79. The van der Waals surface area contributed by atoms with E-state index in [1.54, 1.807) is 0 Å². The molecular formula is C7H13N3O2. The average molecular weight is 171 g/mol. The number of amides is 2. The first-order valence-corrected chi connectivity index (χ1v) is 4.03. The van der Waals surface area contributed by atoms with Gasteiger partial charge in [0, 0.05) is 32.6 Å². The minimum atomic E-state index is -0.148. The molecule has 0 aromatic heterocycles. The zero-order chi connectivity index (χ0) is 8.81. The molecule has 2 fully saturated rings. The van der Waals surface area contributed by atoms with Crippen molar-refractivity contribution in [3.05, 3.63) is 0 Å². The van der Waals surface area contributed by atoms with Gasteiger partial charge in [-0.3, -0.25) is 14.9 Å². The Bertz CT molecular complexity index is 156. The van der Waals surface area contributed by atoms with Crippen LogP contribution in [0.1, 0.15) is 12.8 Å². The second-order valence-corrected chi connectivity index (χ2v) is 2.65. The van der Waals surface area contributed by atoms with Crippen molar-refractivity contribution in [1.29, 1.82) is 0 Å². The quantitative estimate of drug-likeness (QED) is 0.390. The largest absolute Gasteiger partial charge is 0.303 e. The van der Waals surface area contributed by atoms with E-state index in [1.165, 1.54) is 0 Å². The summed E-state index contributed by atoms with van der Waals surface area (Å²) in [5, 5.41) is 8.36. The standard InChI is InChI=1S/C4H5NO2.C3H8N2/c6-3-1-2-4(7)5-3;1-2-5-3-4-1/h1-2H2,(H,5,6,7);4-5H,1-3H2. The predicted octanol–water partition coefficient (Wildman–Crippen LogP) is -1.44. The molecule has 0 saturated carbocycles. The topological polar surface area (TPSA) is 70.2 Å². The normalized spacial score (nSPS) is 21.7. The smallest absolute Gasteiger partial charge is 0.227 e. The molecule has 2 rings (SSSR count). The van der Waals surface area contributed by atoms with E-state index in [0.717, 1.165) is 19.8 Å². The van der Waals surface area contributed by atoms with Crippen molar-refractivity contribution in [2.75, 3.05) is 19.8 Å². The maximum atomic E-state index is 10.1. The van der Waals surface area contributed by atoms with Gasteiger partial charge in [0.15, 0.2) is 0 Å². The van der Waals surface area contributed by atoms with Crippen molar-refractivity contribution in [2.45, 2.75) is 12.8 Å². The van der Waals surface area contributed by atoms with Crippen LogP contribution in [-0.4, -0.2) is 31.6 Å². The van der Waals surface area contributed by atoms with Crippen LogP contribution in [0.3, 0.4) is 0 Å². The third-order valence-corrected chi connectivity index (χ3v) is 1.59. The van der Waals surface area contributed by atoms with Crippen LogP contribution in [0.15, 0.2) is 0 Å². The molecule has 2 amide bonds. The Kier molecular flexibility index (Phi) is 3.69. The monoisotopic (exact) mass is 171 g/mol. The number of carbonyl (C=O) groups is 2. The lowest BCUT2D eigenvalue weighted by molar-refractivity contribution is -0.124. The number of imide groups is 1. The van der Waals surface area contributed by atoms with Gasteiger partial charge < -0.3 is 10.6 Å². The lowest BCUT2D eigenvalue weighted by atomic mass is 10.4. The molecule has 5 nitrogen and oxygen atoms in total. The van der Waals surface area contributed by atoms with Crippen molar-refractivity contribution in [2.24, 2.45) is 0 Å². The van der Waals surface area contributed by atoms with E-state index in [4.69, 9.17) is 0 Å². The molecule has 0 bridgehead atoms. The SMILES string of the molecule is C1CNCN1.O=C1CCC(=O)N1. The van der Waals surface area contributed by atoms with Gasteiger partial charge in [0.25, 0.3) is 0 Å². The Hall–Kier alpha value is -0.940. The second-order valence-electron chi connectivity index (χ2n) is 2.65. The number of carbonyl (C=O) groups excluding carboxylic acids is 2. The van der Waals surface area contributed by atoms with Crippen molar-refractivity contribution >= 4 is 11.8 Å². The molecule has 0 radical (unpaired) electrons. The third kappa shape index (κ3) is 3.45. The molecule has 5 heteroatoms. The lowest BCUT2D eigenvalue weighted by Gasteiger charge is -1.79. The lowest BCUT2D eigenvalue weighted by Crippen LogP contribution is -2.18. The van der Waals surface area contributed by atoms with E-state index in [1.807, 2.05) is 0 Å². The molecule has 0 aromatic carbocycles. The van der Waals surface area contributed by atoms with Crippen LogP contribution in [0.2, 0.25) is 0 Å². The van der Waals surface area contributed by atoms with Crippen LogP contribution in [0.4, 0.5) is 0 Å². The van der Waals surface area contributed by atoms with Gasteiger partial charge in [-0.1, -0.05) is 0 Å². The van der Waals surface area contributed by atoms with Gasteiger partial charge >= 0.3 is 0 Å². The van der Waals surface area contributed by atoms with E-state index >= 15 is 0 Å². The number of hydrogen-bond donors (Lipinski definition) is 3. The van der Waals surface area contributed by atoms with Crippen molar-refractivity contribution in [1.82, 2.24) is 16.0 Å². The van der Waals surface area contributed by atoms with Crippen molar-refractivity contribution in [3.8, 4) is 0 Å². The molecule has 3 N–H and O–H groups in total. The van der Waals surface area contributed by atoms with Gasteiger partial charge in [-0.2, -0.15) is 0 Å². The van der Waals surface area contributed by atoms with Crippen LogP contribution in [0, 0.1) is 0 Å². The van der Waals surface area contributed by atoms with Gasteiger partial charge in [0.05, 0.1) is 0 Å². The van der Waals surface area contributed by atoms with E-state index in [-0.39, 0.29) is 11.8 Å². The Morgan fingerprint density at radius 3 is 1.58 bits per heavy atom. The summed E-state index contributed by atoms with van der Waals surface area (Å²) in [5.41, 5.74) is 0.